The molecule has 0 amide bonds. The van der Waals surface area contributed by atoms with Gasteiger partial charge in [-0.3, -0.25) is 4.79 Å². The van der Waals surface area contributed by atoms with E-state index in [0.717, 1.165) is 0 Å². The van der Waals surface area contributed by atoms with Gasteiger partial charge < -0.3 is 15.6 Å². The fraction of sp³-hybridized carbons (Fsp3) is 0.300. The Morgan fingerprint density at radius 1 is 1.67 bits per heavy atom. The Morgan fingerprint density at radius 2 is 2.33 bits per heavy atom. The third kappa shape index (κ3) is 2.70. The monoisotopic (exact) mass is 273 g/mol. The van der Waals surface area contributed by atoms with Crippen LogP contribution in [-0.4, -0.2) is 24.7 Å². The minimum absolute atomic E-state index is 0.124. The maximum atomic E-state index is 11.4. The largest absolute Gasteiger partial charge is 0.507 e. The first-order valence-corrected chi connectivity index (χ1v) is 5.15. The van der Waals surface area contributed by atoms with Crippen molar-refractivity contribution in [1.29, 1.82) is 0 Å². The van der Waals surface area contributed by atoms with Crippen LogP contribution in [0.15, 0.2) is 22.7 Å². The number of hydrogen-bond acceptors (Lipinski definition) is 4. The van der Waals surface area contributed by atoms with Crippen molar-refractivity contribution in [2.24, 2.45) is 5.73 Å². The topological polar surface area (TPSA) is 72.5 Å². The molecule has 1 atom stereocenters. The summed E-state index contributed by atoms with van der Waals surface area (Å²) in [5.74, 6) is -0.749. The number of ether oxygens (including phenoxy) is 1. The zero-order valence-electron chi connectivity index (χ0n) is 8.24. The molecule has 0 saturated heterocycles. The lowest BCUT2D eigenvalue weighted by atomic mass is 9.99. The Bertz CT molecular complexity index is 368. The number of hydrogen-bond donors (Lipinski definition) is 2. The lowest BCUT2D eigenvalue weighted by Crippen LogP contribution is -2.22. The molecule has 0 radical (unpaired) electrons. The van der Waals surface area contributed by atoms with Gasteiger partial charge in [0.15, 0.2) is 0 Å². The molecule has 1 aromatic carbocycles. The molecule has 1 unspecified atom stereocenters. The maximum absolute atomic E-state index is 11.4. The van der Waals surface area contributed by atoms with Gasteiger partial charge in [-0.2, -0.15) is 0 Å². The van der Waals surface area contributed by atoms with Crippen molar-refractivity contribution in [2.75, 3.05) is 13.7 Å². The van der Waals surface area contributed by atoms with E-state index in [9.17, 15) is 9.90 Å². The standard InChI is InChI=1S/C10H12BrNO3/c1-15-10(14)7(5-12)6-2-3-9(13)8(11)4-6/h2-4,7,13H,5,12H2,1H3. The van der Waals surface area contributed by atoms with Crippen LogP contribution in [0.2, 0.25) is 0 Å². The Kier molecular flexibility index (Phi) is 4.11. The third-order valence-electron chi connectivity index (χ3n) is 2.10. The number of rotatable bonds is 3. The van der Waals surface area contributed by atoms with Crippen LogP contribution in [0.1, 0.15) is 11.5 Å². The highest BCUT2D eigenvalue weighted by molar-refractivity contribution is 9.10. The summed E-state index contributed by atoms with van der Waals surface area (Å²) in [5, 5.41) is 9.30. The molecule has 0 saturated carbocycles. The molecule has 1 rings (SSSR count). The summed E-state index contributed by atoms with van der Waals surface area (Å²) in [7, 11) is 1.32. The molecule has 3 N–H and O–H groups in total. The van der Waals surface area contributed by atoms with Crippen LogP contribution in [0.5, 0.6) is 5.75 Å². The number of halogens is 1. The average molecular weight is 274 g/mol. The smallest absolute Gasteiger partial charge is 0.314 e. The van der Waals surface area contributed by atoms with E-state index < -0.39 is 5.92 Å². The Morgan fingerprint density at radius 3 is 2.80 bits per heavy atom. The summed E-state index contributed by atoms with van der Waals surface area (Å²) < 4.78 is 5.16. The number of aromatic hydroxyl groups is 1. The SMILES string of the molecule is COC(=O)C(CN)c1ccc(O)c(Br)c1. The predicted octanol–water partition coefficient (Wildman–Crippen LogP) is 1.37. The quantitative estimate of drug-likeness (QED) is 0.816. The second-order valence-corrected chi connectivity index (χ2v) is 3.88. The molecule has 0 aliphatic carbocycles. The second kappa shape index (κ2) is 5.14. The first kappa shape index (κ1) is 12.0. The Hall–Kier alpha value is -1.07. The molecule has 0 spiro atoms. The molecule has 0 heterocycles. The summed E-state index contributed by atoms with van der Waals surface area (Å²) in [6.07, 6.45) is 0. The Labute approximate surface area is 96.2 Å². The first-order chi connectivity index (χ1) is 7.10. The minimum Gasteiger partial charge on any atom is -0.507 e. The normalized spacial score (nSPS) is 12.2. The summed E-state index contributed by atoms with van der Waals surface area (Å²) in [6.45, 7) is 0.171. The fourth-order valence-corrected chi connectivity index (χ4v) is 1.65. The van der Waals surface area contributed by atoms with Crippen LogP contribution < -0.4 is 5.73 Å². The van der Waals surface area contributed by atoms with Gasteiger partial charge in [-0.05, 0) is 33.6 Å². The first-order valence-electron chi connectivity index (χ1n) is 4.36. The Balaban J connectivity index is 3.02. The van der Waals surface area contributed by atoms with Crippen molar-refractivity contribution in [3.63, 3.8) is 0 Å². The van der Waals surface area contributed by atoms with Gasteiger partial charge in [-0.25, -0.2) is 0 Å². The minimum atomic E-state index is -0.494. The number of esters is 1. The molecule has 4 nitrogen and oxygen atoms in total. The van der Waals surface area contributed by atoms with Crippen LogP contribution in [0.4, 0.5) is 0 Å². The van der Waals surface area contributed by atoms with Gasteiger partial charge >= 0.3 is 5.97 Å². The summed E-state index contributed by atoms with van der Waals surface area (Å²) in [5.41, 5.74) is 6.21. The van der Waals surface area contributed by atoms with Gasteiger partial charge in [0.05, 0.1) is 17.5 Å². The number of carbonyl (C=O) groups excluding carboxylic acids is 1. The van der Waals surface area contributed by atoms with E-state index in [0.29, 0.717) is 10.0 Å². The fourth-order valence-electron chi connectivity index (χ4n) is 1.25. The van der Waals surface area contributed by atoms with Gasteiger partial charge in [0.1, 0.15) is 5.75 Å². The summed E-state index contributed by atoms with van der Waals surface area (Å²) in [6, 6.07) is 4.81. The van der Waals surface area contributed by atoms with Crippen molar-refractivity contribution in [3.05, 3.63) is 28.2 Å². The van der Waals surface area contributed by atoms with Crippen LogP contribution in [0, 0.1) is 0 Å². The zero-order valence-corrected chi connectivity index (χ0v) is 9.82. The van der Waals surface area contributed by atoms with Crippen molar-refractivity contribution in [2.45, 2.75) is 5.92 Å². The molecular weight excluding hydrogens is 262 g/mol. The molecule has 0 aliphatic rings. The van der Waals surface area contributed by atoms with Crippen molar-refractivity contribution < 1.29 is 14.6 Å². The van der Waals surface area contributed by atoms with E-state index in [1.807, 2.05) is 0 Å². The molecule has 0 fully saturated rings. The molecule has 0 aliphatic heterocycles. The van der Waals surface area contributed by atoms with Crippen LogP contribution in [0.25, 0.3) is 0 Å². The van der Waals surface area contributed by atoms with E-state index in [1.54, 1.807) is 12.1 Å². The van der Waals surface area contributed by atoms with Gasteiger partial charge in [0.25, 0.3) is 0 Å². The summed E-state index contributed by atoms with van der Waals surface area (Å²) in [4.78, 5) is 11.4. The number of phenols is 1. The van der Waals surface area contributed by atoms with E-state index in [1.165, 1.54) is 13.2 Å². The number of benzene rings is 1. The van der Waals surface area contributed by atoms with Gasteiger partial charge in [-0.1, -0.05) is 6.07 Å². The highest BCUT2D eigenvalue weighted by atomic mass is 79.9. The molecule has 82 valence electrons. The number of methoxy groups -OCH3 is 1. The molecule has 15 heavy (non-hydrogen) atoms. The van der Waals surface area contributed by atoms with E-state index in [4.69, 9.17) is 5.73 Å². The van der Waals surface area contributed by atoms with Gasteiger partial charge in [-0.15, -0.1) is 0 Å². The average Bonchev–Trinajstić information content (AvgIpc) is 2.24. The molecule has 0 aromatic heterocycles. The highest BCUT2D eigenvalue weighted by Gasteiger charge is 2.20. The summed E-state index contributed by atoms with van der Waals surface area (Å²) >= 11 is 3.17. The third-order valence-corrected chi connectivity index (χ3v) is 2.73. The lowest BCUT2D eigenvalue weighted by molar-refractivity contribution is -0.142. The molecule has 1 aromatic rings. The van der Waals surface area contributed by atoms with Crippen molar-refractivity contribution in [3.8, 4) is 5.75 Å². The van der Waals surface area contributed by atoms with Crippen molar-refractivity contribution in [1.82, 2.24) is 0 Å². The van der Waals surface area contributed by atoms with Crippen LogP contribution in [-0.2, 0) is 9.53 Å². The van der Waals surface area contributed by atoms with E-state index in [2.05, 4.69) is 20.7 Å². The number of nitrogens with two attached hydrogens (primary N) is 1. The number of carbonyl (C=O) groups is 1. The second-order valence-electron chi connectivity index (χ2n) is 3.02. The van der Waals surface area contributed by atoms with E-state index >= 15 is 0 Å². The number of phenolic OH excluding ortho intramolecular Hbond substituents is 1. The van der Waals surface area contributed by atoms with Crippen LogP contribution >= 0.6 is 15.9 Å². The predicted molar refractivity (Wildman–Crippen MR) is 59.6 cm³/mol. The lowest BCUT2D eigenvalue weighted by Gasteiger charge is -2.13. The van der Waals surface area contributed by atoms with Crippen molar-refractivity contribution >= 4 is 21.9 Å². The van der Waals surface area contributed by atoms with Gasteiger partial charge in [0, 0.05) is 6.54 Å². The highest BCUT2D eigenvalue weighted by Crippen LogP contribution is 2.27. The molecular formula is C10H12BrNO3. The molecule has 0 bridgehead atoms. The van der Waals surface area contributed by atoms with Crippen LogP contribution in [0.3, 0.4) is 0 Å². The zero-order chi connectivity index (χ0) is 11.4. The molecule has 5 heteroatoms. The van der Waals surface area contributed by atoms with Gasteiger partial charge in [0.2, 0.25) is 0 Å². The maximum Gasteiger partial charge on any atom is 0.314 e. The van der Waals surface area contributed by atoms with E-state index in [-0.39, 0.29) is 18.3 Å².